The van der Waals surface area contributed by atoms with Crippen LogP contribution < -0.4 is 10.6 Å². The van der Waals surface area contributed by atoms with Gasteiger partial charge in [0, 0.05) is 19.7 Å². The topological polar surface area (TPSA) is 119 Å². The largest absolute Gasteiger partial charge is 0.480 e. The molecule has 0 aromatic rings. The molecule has 0 aromatic carbocycles. The van der Waals surface area contributed by atoms with Gasteiger partial charge in [0.25, 0.3) is 0 Å². The zero-order valence-corrected chi connectivity index (χ0v) is 10.6. The first-order valence-corrected chi connectivity index (χ1v) is 6.15. The van der Waals surface area contributed by atoms with Crippen LogP contribution in [0, 0.1) is 5.92 Å². The number of hydrogen-bond acceptors (Lipinski definition) is 4. The Labute approximate surface area is 110 Å². The van der Waals surface area contributed by atoms with E-state index in [1.165, 1.54) is 0 Å². The number of rotatable bonds is 6. The Bertz CT molecular complexity index is 347. The van der Waals surface area contributed by atoms with Gasteiger partial charge in [-0.25, -0.2) is 4.79 Å². The molecule has 19 heavy (non-hydrogen) atoms. The SMILES string of the molecule is O=C(O)CNC(=O)CNC(=O)N1CCC(CCO)C1. The van der Waals surface area contributed by atoms with Crippen molar-refractivity contribution in [3.8, 4) is 0 Å². The summed E-state index contributed by atoms with van der Waals surface area (Å²) in [5.74, 6) is -1.37. The summed E-state index contributed by atoms with van der Waals surface area (Å²) >= 11 is 0. The number of amides is 3. The molecule has 8 heteroatoms. The van der Waals surface area contributed by atoms with Crippen molar-refractivity contribution in [1.82, 2.24) is 15.5 Å². The summed E-state index contributed by atoms with van der Waals surface area (Å²) in [7, 11) is 0. The molecule has 1 heterocycles. The zero-order chi connectivity index (χ0) is 14.3. The fourth-order valence-electron chi connectivity index (χ4n) is 1.94. The molecular weight excluding hydrogens is 254 g/mol. The quantitative estimate of drug-likeness (QED) is 0.474. The number of aliphatic carboxylic acids is 1. The van der Waals surface area contributed by atoms with Crippen molar-refractivity contribution in [2.45, 2.75) is 12.8 Å². The summed E-state index contributed by atoms with van der Waals surface area (Å²) in [4.78, 5) is 34.7. The van der Waals surface area contributed by atoms with E-state index >= 15 is 0 Å². The standard InChI is InChI=1S/C11H19N3O5/c15-4-2-8-1-3-14(7-8)11(19)13-5-9(16)12-6-10(17)18/h8,15H,1-7H2,(H,12,16)(H,13,19)(H,17,18). The van der Waals surface area contributed by atoms with E-state index in [1.807, 2.05) is 0 Å². The van der Waals surface area contributed by atoms with Crippen molar-refractivity contribution in [3.63, 3.8) is 0 Å². The molecule has 1 atom stereocenters. The van der Waals surface area contributed by atoms with Crippen LogP contribution in [-0.4, -0.2) is 65.8 Å². The maximum atomic E-state index is 11.7. The second kappa shape index (κ2) is 7.57. The van der Waals surface area contributed by atoms with Crippen molar-refractivity contribution >= 4 is 17.9 Å². The lowest BCUT2D eigenvalue weighted by Crippen LogP contribution is -2.44. The second-order valence-corrected chi connectivity index (χ2v) is 4.44. The highest BCUT2D eigenvalue weighted by Crippen LogP contribution is 2.18. The van der Waals surface area contributed by atoms with Crippen molar-refractivity contribution in [2.75, 3.05) is 32.8 Å². The van der Waals surface area contributed by atoms with E-state index in [0.717, 1.165) is 6.42 Å². The number of urea groups is 1. The predicted octanol–water partition coefficient (Wildman–Crippen LogP) is -1.40. The Hall–Kier alpha value is -1.83. The van der Waals surface area contributed by atoms with Gasteiger partial charge in [-0.2, -0.15) is 0 Å². The van der Waals surface area contributed by atoms with Gasteiger partial charge in [0.1, 0.15) is 6.54 Å². The highest BCUT2D eigenvalue weighted by atomic mass is 16.4. The summed E-state index contributed by atoms with van der Waals surface area (Å²) in [6.45, 7) is 0.582. The number of carboxylic acids is 1. The molecule has 1 fully saturated rings. The number of nitrogens with zero attached hydrogens (tertiary/aromatic N) is 1. The van der Waals surface area contributed by atoms with Gasteiger partial charge in [-0.05, 0) is 18.8 Å². The number of aliphatic hydroxyl groups excluding tert-OH is 1. The third-order valence-corrected chi connectivity index (χ3v) is 2.95. The lowest BCUT2D eigenvalue weighted by molar-refractivity contribution is -0.137. The number of nitrogens with one attached hydrogen (secondary N) is 2. The minimum absolute atomic E-state index is 0.109. The summed E-state index contributed by atoms with van der Waals surface area (Å²) in [5.41, 5.74) is 0. The molecule has 108 valence electrons. The minimum Gasteiger partial charge on any atom is -0.480 e. The number of hydrogen-bond donors (Lipinski definition) is 4. The van der Waals surface area contributed by atoms with Gasteiger partial charge in [0.15, 0.2) is 0 Å². The molecule has 1 aliphatic heterocycles. The predicted molar refractivity (Wildman–Crippen MR) is 65.4 cm³/mol. The van der Waals surface area contributed by atoms with Crippen LogP contribution in [0.1, 0.15) is 12.8 Å². The van der Waals surface area contributed by atoms with Crippen LogP contribution in [-0.2, 0) is 9.59 Å². The first kappa shape index (κ1) is 15.2. The molecule has 4 N–H and O–H groups in total. The zero-order valence-electron chi connectivity index (χ0n) is 10.6. The smallest absolute Gasteiger partial charge is 0.322 e. The Kier molecular flexibility index (Phi) is 6.07. The Morgan fingerprint density at radius 3 is 2.58 bits per heavy atom. The van der Waals surface area contributed by atoms with Crippen LogP contribution in [0.3, 0.4) is 0 Å². The van der Waals surface area contributed by atoms with Gasteiger partial charge >= 0.3 is 12.0 Å². The third-order valence-electron chi connectivity index (χ3n) is 2.95. The molecular formula is C11H19N3O5. The number of carbonyl (C=O) groups excluding carboxylic acids is 2. The molecule has 1 aliphatic rings. The molecule has 1 unspecified atom stereocenters. The van der Waals surface area contributed by atoms with Crippen LogP contribution in [0.5, 0.6) is 0 Å². The van der Waals surface area contributed by atoms with Gasteiger partial charge in [0.05, 0.1) is 6.54 Å². The first-order valence-electron chi connectivity index (χ1n) is 6.15. The fraction of sp³-hybridized carbons (Fsp3) is 0.727. The molecule has 0 saturated carbocycles. The molecule has 8 nitrogen and oxygen atoms in total. The number of likely N-dealkylation sites (tertiary alicyclic amines) is 1. The van der Waals surface area contributed by atoms with E-state index in [0.29, 0.717) is 25.4 Å². The van der Waals surface area contributed by atoms with Crippen LogP contribution >= 0.6 is 0 Å². The number of carboxylic acid groups (broad SMARTS) is 1. The molecule has 3 amide bonds. The van der Waals surface area contributed by atoms with E-state index in [9.17, 15) is 14.4 Å². The fourth-order valence-corrected chi connectivity index (χ4v) is 1.94. The third kappa shape index (κ3) is 5.56. The van der Waals surface area contributed by atoms with Crippen molar-refractivity contribution in [1.29, 1.82) is 0 Å². The molecule has 1 saturated heterocycles. The van der Waals surface area contributed by atoms with Gasteiger partial charge < -0.3 is 25.7 Å². The molecule has 0 aliphatic carbocycles. The molecule has 0 spiro atoms. The second-order valence-electron chi connectivity index (χ2n) is 4.44. The lowest BCUT2D eigenvalue weighted by Gasteiger charge is -2.17. The van der Waals surface area contributed by atoms with Crippen LogP contribution in [0.2, 0.25) is 0 Å². The van der Waals surface area contributed by atoms with Gasteiger partial charge in [-0.3, -0.25) is 9.59 Å². The van der Waals surface area contributed by atoms with Crippen molar-refractivity contribution in [2.24, 2.45) is 5.92 Å². The van der Waals surface area contributed by atoms with Crippen LogP contribution in [0.15, 0.2) is 0 Å². The van der Waals surface area contributed by atoms with Crippen LogP contribution in [0.4, 0.5) is 4.79 Å². The van der Waals surface area contributed by atoms with Crippen molar-refractivity contribution < 1.29 is 24.6 Å². The summed E-state index contributed by atoms with van der Waals surface area (Å²) in [6, 6.07) is -0.342. The molecule has 0 bridgehead atoms. The monoisotopic (exact) mass is 273 g/mol. The first-order chi connectivity index (χ1) is 9.02. The van der Waals surface area contributed by atoms with E-state index in [4.69, 9.17) is 10.2 Å². The molecule has 1 rings (SSSR count). The number of carbonyl (C=O) groups is 3. The van der Waals surface area contributed by atoms with E-state index in [1.54, 1.807) is 4.90 Å². The summed E-state index contributed by atoms with van der Waals surface area (Å²) in [5, 5.41) is 21.8. The Morgan fingerprint density at radius 2 is 1.95 bits per heavy atom. The van der Waals surface area contributed by atoms with Crippen LogP contribution in [0.25, 0.3) is 0 Å². The van der Waals surface area contributed by atoms with Crippen molar-refractivity contribution in [3.05, 3.63) is 0 Å². The average molecular weight is 273 g/mol. The molecule has 0 radical (unpaired) electrons. The Morgan fingerprint density at radius 1 is 1.21 bits per heavy atom. The van der Waals surface area contributed by atoms with Gasteiger partial charge in [-0.1, -0.05) is 0 Å². The van der Waals surface area contributed by atoms with Gasteiger partial charge in [0.2, 0.25) is 5.91 Å². The van der Waals surface area contributed by atoms with E-state index in [2.05, 4.69) is 10.6 Å². The normalized spacial score (nSPS) is 18.2. The minimum atomic E-state index is -1.13. The lowest BCUT2D eigenvalue weighted by atomic mass is 10.1. The maximum Gasteiger partial charge on any atom is 0.322 e. The highest BCUT2D eigenvalue weighted by molar-refractivity contribution is 5.86. The number of aliphatic hydroxyl groups is 1. The highest BCUT2D eigenvalue weighted by Gasteiger charge is 2.25. The van der Waals surface area contributed by atoms with E-state index < -0.39 is 18.4 Å². The van der Waals surface area contributed by atoms with Gasteiger partial charge in [-0.15, -0.1) is 0 Å². The maximum absolute atomic E-state index is 11.7. The Balaban J connectivity index is 2.21. The average Bonchev–Trinajstić information content (AvgIpc) is 2.82. The summed E-state index contributed by atoms with van der Waals surface area (Å²) in [6.07, 6.45) is 1.52. The summed E-state index contributed by atoms with van der Waals surface area (Å²) < 4.78 is 0. The molecule has 0 aromatic heterocycles. The van der Waals surface area contributed by atoms with E-state index in [-0.39, 0.29) is 19.2 Å².